The first kappa shape index (κ1) is 16.8. The second-order valence-electron chi connectivity index (χ2n) is 5.98. The van der Waals surface area contributed by atoms with Crippen LogP contribution in [-0.4, -0.2) is 17.1 Å². The van der Waals surface area contributed by atoms with Gasteiger partial charge in [-0.05, 0) is 44.5 Å². The molecule has 1 heterocycles. The molecule has 126 valence electrons. The van der Waals surface area contributed by atoms with Crippen molar-refractivity contribution in [3.8, 4) is 6.07 Å². The quantitative estimate of drug-likeness (QED) is 0.656. The summed E-state index contributed by atoms with van der Waals surface area (Å²) in [6.45, 7) is 6.17. The Morgan fingerprint density at radius 1 is 1.24 bits per heavy atom. The third-order valence-electron chi connectivity index (χ3n) is 4.52. The summed E-state index contributed by atoms with van der Waals surface area (Å²) in [7, 11) is 0. The molecule has 0 fully saturated rings. The van der Waals surface area contributed by atoms with Crippen LogP contribution in [0.2, 0.25) is 0 Å². The van der Waals surface area contributed by atoms with E-state index in [1.54, 1.807) is 6.07 Å². The zero-order chi connectivity index (χ0) is 18.0. The number of hydrogen-bond donors (Lipinski definition) is 0. The highest BCUT2D eigenvalue weighted by Crippen LogP contribution is 2.32. The molecule has 0 aliphatic heterocycles. The van der Waals surface area contributed by atoms with Gasteiger partial charge in [0.05, 0.1) is 29.8 Å². The molecule has 1 unspecified atom stereocenters. The minimum Gasteiger partial charge on any atom is -0.462 e. The minimum atomic E-state index is -0.298. The highest BCUT2D eigenvalue weighted by atomic mass is 16.5. The predicted octanol–water partition coefficient (Wildman–Crippen LogP) is 4.61. The van der Waals surface area contributed by atoms with Crippen LogP contribution in [0.15, 0.2) is 48.5 Å². The molecule has 0 N–H and O–H groups in total. The number of nitrogens with zero attached hydrogens (tertiary/aromatic N) is 2. The van der Waals surface area contributed by atoms with Crippen LogP contribution in [-0.2, 0) is 4.74 Å². The Hall–Kier alpha value is -3.06. The van der Waals surface area contributed by atoms with Gasteiger partial charge in [-0.1, -0.05) is 30.3 Å². The second-order valence-corrected chi connectivity index (χ2v) is 5.98. The van der Waals surface area contributed by atoms with E-state index >= 15 is 0 Å². The van der Waals surface area contributed by atoms with Gasteiger partial charge in [-0.2, -0.15) is 5.26 Å². The van der Waals surface area contributed by atoms with E-state index in [9.17, 15) is 4.79 Å². The van der Waals surface area contributed by atoms with Crippen LogP contribution in [0, 0.1) is 18.3 Å². The molecule has 0 amide bonds. The number of rotatable bonds is 4. The lowest BCUT2D eigenvalue weighted by Crippen LogP contribution is -2.11. The fourth-order valence-corrected chi connectivity index (χ4v) is 3.37. The summed E-state index contributed by atoms with van der Waals surface area (Å²) >= 11 is 0. The molecular formula is C21H20N2O2. The van der Waals surface area contributed by atoms with Crippen molar-refractivity contribution >= 4 is 16.9 Å². The van der Waals surface area contributed by atoms with E-state index in [1.165, 1.54) is 0 Å². The fourth-order valence-electron chi connectivity index (χ4n) is 3.37. The molecule has 0 saturated heterocycles. The number of hydrogen-bond acceptors (Lipinski definition) is 3. The molecule has 4 nitrogen and oxygen atoms in total. The molecule has 2 aromatic carbocycles. The van der Waals surface area contributed by atoms with Crippen molar-refractivity contribution in [1.82, 2.24) is 4.57 Å². The van der Waals surface area contributed by atoms with Crippen molar-refractivity contribution in [2.45, 2.75) is 26.8 Å². The van der Waals surface area contributed by atoms with E-state index in [0.29, 0.717) is 17.7 Å². The predicted molar refractivity (Wildman–Crippen MR) is 97.6 cm³/mol. The Morgan fingerprint density at radius 3 is 2.72 bits per heavy atom. The van der Waals surface area contributed by atoms with Crippen molar-refractivity contribution in [2.75, 3.05) is 6.61 Å². The molecule has 3 aromatic rings. The third kappa shape index (κ3) is 2.89. The Labute approximate surface area is 147 Å². The van der Waals surface area contributed by atoms with Crippen LogP contribution in [0.1, 0.15) is 47.1 Å². The molecule has 0 spiro atoms. The summed E-state index contributed by atoms with van der Waals surface area (Å²) in [6, 6.07) is 17.6. The number of esters is 1. The summed E-state index contributed by atoms with van der Waals surface area (Å²) in [6.07, 6.45) is 0. The fraction of sp³-hybridized carbons (Fsp3) is 0.238. The van der Waals surface area contributed by atoms with Crippen molar-refractivity contribution in [1.29, 1.82) is 5.26 Å². The second kappa shape index (κ2) is 6.82. The maximum Gasteiger partial charge on any atom is 0.340 e. The van der Waals surface area contributed by atoms with Gasteiger partial charge in [0.25, 0.3) is 0 Å². The summed E-state index contributed by atoms with van der Waals surface area (Å²) in [4.78, 5) is 12.5. The average Bonchev–Trinajstić information content (AvgIpc) is 2.93. The zero-order valence-corrected chi connectivity index (χ0v) is 14.6. The number of aromatic nitrogens is 1. The maximum absolute atomic E-state index is 12.5. The van der Waals surface area contributed by atoms with E-state index in [4.69, 9.17) is 10.00 Å². The van der Waals surface area contributed by atoms with E-state index in [2.05, 4.69) is 17.6 Å². The molecule has 0 bridgehead atoms. The Balaban J connectivity index is 2.21. The van der Waals surface area contributed by atoms with Crippen LogP contribution in [0.25, 0.3) is 10.9 Å². The molecule has 4 heteroatoms. The monoisotopic (exact) mass is 332 g/mol. The van der Waals surface area contributed by atoms with Crippen molar-refractivity contribution < 1.29 is 9.53 Å². The van der Waals surface area contributed by atoms with Gasteiger partial charge >= 0.3 is 5.97 Å². The van der Waals surface area contributed by atoms with Gasteiger partial charge in [0.15, 0.2) is 0 Å². The third-order valence-corrected chi connectivity index (χ3v) is 4.52. The zero-order valence-electron chi connectivity index (χ0n) is 14.6. The highest BCUT2D eigenvalue weighted by Gasteiger charge is 2.23. The normalized spacial score (nSPS) is 11.9. The van der Waals surface area contributed by atoms with Gasteiger partial charge < -0.3 is 9.30 Å². The Morgan fingerprint density at radius 2 is 2.00 bits per heavy atom. The van der Waals surface area contributed by atoms with Gasteiger partial charge in [0.1, 0.15) is 0 Å². The topological polar surface area (TPSA) is 55.0 Å². The number of carbonyl (C=O) groups excluding carboxylic acids is 1. The summed E-state index contributed by atoms with van der Waals surface area (Å²) < 4.78 is 7.39. The lowest BCUT2D eigenvalue weighted by atomic mass is 10.1. The van der Waals surface area contributed by atoms with Crippen molar-refractivity contribution in [3.63, 3.8) is 0 Å². The Bertz CT molecular complexity index is 979. The highest BCUT2D eigenvalue weighted by molar-refractivity contribution is 6.06. The van der Waals surface area contributed by atoms with E-state index in [-0.39, 0.29) is 12.0 Å². The molecule has 3 rings (SSSR count). The first-order valence-electron chi connectivity index (χ1n) is 8.35. The lowest BCUT2D eigenvalue weighted by Gasteiger charge is -2.18. The van der Waals surface area contributed by atoms with Crippen LogP contribution in [0.3, 0.4) is 0 Å². The van der Waals surface area contributed by atoms with Crippen molar-refractivity contribution in [3.05, 3.63) is 70.9 Å². The lowest BCUT2D eigenvalue weighted by molar-refractivity contribution is 0.0527. The first-order chi connectivity index (χ1) is 12.1. The minimum absolute atomic E-state index is 0.0126. The number of para-hydroxylation sites is 1. The number of fused-ring (bicyclic) bond motifs is 1. The van der Waals surface area contributed by atoms with Gasteiger partial charge in [0, 0.05) is 16.6 Å². The standard InChI is InChI=1S/C21H20N2O2/c1-4-25-21(24)20-15(3)23(19-11-6-5-10-18(19)20)14(2)17-9-7-8-16(12-17)13-22/h5-12,14H,4H2,1-3H3. The number of carbonyl (C=O) groups is 1. The maximum atomic E-state index is 12.5. The van der Waals surface area contributed by atoms with Gasteiger partial charge in [-0.3, -0.25) is 0 Å². The van der Waals surface area contributed by atoms with Gasteiger partial charge in [-0.25, -0.2) is 4.79 Å². The average molecular weight is 332 g/mol. The van der Waals surface area contributed by atoms with E-state index in [1.807, 2.05) is 56.3 Å². The van der Waals surface area contributed by atoms with E-state index < -0.39 is 0 Å². The molecule has 0 aliphatic rings. The smallest absolute Gasteiger partial charge is 0.340 e. The van der Waals surface area contributed by atoms with Gasteiger partial charge in [0.2, 0.25) is 0 Å². The summed E-state index contributed by atoms with van der Waals surface area (Å²) in [5.41, 5.74) is 4.12. The van der Waals surface area contributed by atoms with Crippen LogP contribution in [0.5, 0.6) is 0 Å². The molecule has 1 aromatic heterocycles. The van der Waals surface area contributed by atoms with Crippen LogP contribution >= 0.6 is 0 Å². The summed E-state index contributed by atoms with van der Waals surface area (Å²) in [5.74, 6) is -0.298. The summed E-state index contributed by atoms with van der Waals surface area (Å²) in [5, 5.41) is 10.0. The SMILES string of the molecule is CCOC(=O)c1c(C)n(C(C)c2cccc(C#N)c2)c2ccccc12. The Kier molecular flexibility index (Phi) is 4.58. The molecule has 1 atom stereocenters. The van der Waals surface area contributed by atoms with Crippen LogP contribution in [0.4, 0.5) is 0 Å². The van der Waals surface area contributed by atoms with E-state index in [0.717, 1.165) is 22.2 Å². The molecule has 0 aliphatic carbocycles. The van der Waals surface area contributed by atoms with Crippen LogP contribution < -0.4 is 0 Å². The largest absolute Gasteiger partial charge is 0.462 e. The van der Waals surface area contributed by atoms with Crippen molar-refractivity contribution in [2.24, 2.45) is 0 Å². The van der Waals surface area contributed by atoms with Gasteiger partial charge in [-0.15, -0.1) is 0 Å². The number of benzene rings is 2. The number of nitriles is 1. The first-order valence-corrected chi connectivity index (χ1v) is 8.35. The molecule has 0 radical (unpaired) electrons. The molecule has 25 heavy (non-hydrogen) atoms. The molecular weight excluding hydrogens is 312 g/mol. The number of ether oxygens (including phenoxy) is 1. The molecule has 0 saturated carbocycles.